The minimum Gasteiger partial charge on any atom is -0.481 e. The van der Waals surface area contributed by atoms with Gasteiger partial charge in [0.1, 0.15) is 0 Å². The van der Waals surface area contributed by atoms with Crippen LogP contribution in [0.4, 0.5) is 0 Å². The third-order valence-corrected chi connectivity index (χ3v) is 4.55. The van der Waals surface area contributed by atoms with Crippen molar-refractivity contribution < 1.29 is 18.3 Å². The van der Waals surface area contributed by atoms with Crippen LogP contribution in [0.15, 0.2) is 35.2 Å². The number of carbonyl (C=O) groups is 1. The van der Waals surface area contributed by atoms with E-state index in [9.17, 15) is 13.2 Å². The second-order valence-corrected chi connectivity index (χ2v) is 6.59. The standard InChI is InChI=1S/C13H18O4S/c1-11(10-13(14)15)6-5-9-18(16,17)12-7-3-2-4-8-12/h2-4,7-8,11H,5-6,9-10H2,1H3,(H,14,15)/t11-/m0/s1. The van der Waals surface area contributed by atoms with Crippen LogP contribution in [0.25, 0.3) is 0 Å². The van der Waals surface area contributed by atoms with Crippen molar-refractivity contribution in [1.29, 1.82) is 0 Å². The summed E-state index contributed by atoms with van der Waals surface area (Å²) in [7, 11) is -3.23. The Morgan fingerprint density at radius 2 is 1.89 bits per heavy atom. The average molecular weight is 270 g/mol. The molecule has 0 fully saturated rings. The summed E-state index contributed by atoms with van der Waals surface area (Å²) in [6, 6.07) is 8.32. The molecule has 0 amide bonds. The Morgan fingerprint density at radius 3 is 2.44 bits per heavy atom. The van der Waals surface area contributed by atoms with Crippen LogP contribution in [0.3, 0.4) is 0 Å². The lowest BCUT2D eigenvalue weighted by molar-refractivity contribution is -0.138. The monoisotopic (exact) mass is 270 g/mol. The first-order chi connectivity index (χ1) is 8.42. The van der Waals surface area contributed by atoms with Crippen molar-refractivity contribution in [1.82, 2.24) is 0 Å². The molecule has 0 saturated heterocycles. The number of aliphatic carboxylic acids is 1. The Hall–Kier alpha value is -1.36. The predicted octanol–water partition coefficient (Wildman–Crippen LogP) is 2.35. The smallest absolute Gasteiger partial charge is 0.303 e. The summed E-state index contributed by atoms with van der Waals surface area (Å²) < 4.78 is 23.8. The molecule has 1 aromatic rings. The Bertz CT molecular complexity index is 479. The van der Waals surface area contributed by atoms with Gasteiger partial charge in [0.05, 0.1) is 10.6 Å². The Morgan fingerprint density at radius 1 is 1.28 bits per heavy atom. The first-order valence-electron chi connectivity index (χ1n) is 5.91. The molecule has 1 aromatic carbocycles. The molecule has 0 bridgehead atoms. The van der Waals surface area contributed by atoms with Crippen molar-refractivity contribution in [3.63, 3.8) is 0 Å². The lowest BCUT2D eigenvalue weighted by Gasteiger charge is -2.08. The molecule has 1 N–H and O–H groups in total. The highest BCUT2D eigenvalue weighted by Crippen LogP contribution is 2.15. The van der Waals surface area contributed by atoms with Crippen molar-refractivity contribution in [2.45, 2.75) is 31.1 Å². The normalized spacial score (nSPS) is 13.2. The van der Waals surface area contributed by atoms with Crippen LogP contribution in [0, 0.1) is 5.92 Å². The highest BCUT2D eigenvalue weighted by Gasteiger charge is 2.15. The fourth-order valence-electron chi connectivity index (χ4n) is 1.77. The van der Waals surface area contributed by atoms with Crippen molar-refractivity contribution in [3.05, 3.63) is 30.3 Å². The maximum atomic E-state index is 11.9. The minimum absolute atomic E-state index is 0.00785. The van der Waals surface area contributed by atoms with E-state index in [-0.39, 0.29) is 18.1 Å². The molecule has 4 nitrogen and oxygen atoms in total. The van der Waals surface area contributed by atoms with E-state index in [0.29, 0.717) is 17.7 Å². The first kappa shape index (κ1) is 14.7. The van der Waals surface area contributed by atoms with E-state index in [4.69, 9.17) is 5.11 Å². The van der Waals surface area contributed by atoms with Crippen LogP contribution in [0.5, 0.6) is 0 Å². The molecule has 0 aliphatic rings. The molecule has 0 heterocycles. The van der Waals surface area contributed by atoms with Gasteiger partial charge >= 0.3 is 5.97 Å². The van der Waals surface area contributed by atoms with Gasteiger partial charge in [-0.15, -0.1) is 0 Å². The third kappa shape index (κ3) is 4.87. The summed E-state index contributed by atoms with van der Waals surface area (Å²) in [5, 5.41) is 8.60. The van der Waals surface area contributed by atoms with E-state index in [1.165, 1.54) is 0 Å². The van der Waals surface area contributed by atoms with Crippen LogP contribution in [-0.2, 0) is 14.6 Å². The van der Waals surface area contributed by atoms with Crippen LogP contribution in [0.1, 0.15) is 26.2 Å². The molecule has 1 rings (SSSR count). The molecule has 0 saturated carbocycles. The van der Waals surface area contributed by atoms with E-state index in [1.807, 2.05) is 6.92 Å². The number of benzene rings is 1. The van der Waals surface area contributed by atoms with Crippen LogP contribution in [0.2, 0.25) is 0 Å². The fraction of sp³-hybridized carbons (Fsp3) is 0.462. The van der Waals surface area contributed by atoms with Gasteiger partial charge in [-0.2, -0.15) is 0 Å². The molecule has 0 radical (unpaired) electrons. The first-order valence-corrected chi connectivity index (χ1v) is 7.56. The van der Waals surface area contributed by atoms with Crippen LogP contribution in [-0.4, -0.2) is 25.2 Å². The quantitative estimate of drug-likeness (QED) is 0.825. The van der Waals surface area contributed by atoms with Crippen LogP contribution < -0.4 is 0 Å². The lowest BCUT2D eigenvalue weighted by atomic mass is 10.0. The zero-order valence-corrected chi connectivity index (χ0v) is 11.2. The highest BCUT2D eigenvalue weighted by atomic mass is 32.2. The van der Waals surface area contributed by atoms with Gasteiger partial charge in [0.2, 0.25) is 0 Å². The van der Waals surface area contributed by atoms with Crippen molar-refractivity contribution in [3.8, 4) is 0 Å². The maximum Gasteiger partial charge on any atom is 0.303 e. The van der Waals surface area contributed by atoms with Crippen molar-refractivity contribution >= 4 is 15.8 Å². The number of sulfone groups is 1. The van der Waals surface area contributed by atoms with E-state index < -0.39 is 15.8 Å². The van der Waals surface area contributed by atoms with Gasteiger partial charge in [0, 0.05) is 6.42 Å². The number of rotatable bonds is 7. The van der Waals surface area contributed by atoms with Gasteiger partial charge in [-0.1, -0.05) is 25.1 Å². The largest absolute Gasteiger partial charge is 0.481 e. The lowest BCUT2D eigenvalue weighted by Crippen LogP contribution is -2.10. The number of hydrogen-bond acceptors (Lipinski definition) is 3. The Balaban J connectivity index is 2.46. The van der Waals surface area contributed by atoms with Gasteiger partial charge in [-0.05, 0) is 30.9 Å². The zero-order valence-electron chi connectivity index (χ0n) is 10.4. The van der Waals surface area contributed by atoms with E-state index in [1.54, 1.807) is 30.3 Å². The van der Waals surface area contributed by atoms with Gasteiger partial charge in [-0.3, -0.25) is 4.79 Å². The molecule has 5 heteroatoms. The molecule has 0 aliphatic heterocycles. The second kappa shape index (κ2) is 6.54. The van der Waals surface area contributed by atoms with E-state index >= 15 is 0 Å². The Kier molecular flexibility index (Phi) is 5.34. The summed E-state index contributed by atoms with van der Waals surface area (Å²) in [5.41, 5.74) is 0. The molecular weight excluding hydrogens is 252 g/mol. The molecular formula is C13H18O4S. The molecule has 1 atom stereocenters. The molecule has 0 unspecified atom stereocenters. The SMILES string of the molecule is C[C@@H](CCCS(=O)(=O)c1ccccc1)CC(=O)O. The van der Waals surface area contributed by atoms with E-state index in [2.05, 4.69) is 0 Å². The summed E-state index contributed by atoms with van der Waals surface area (Å²) in [4.78, 5) is 10.8. The zero-order chi connectivity index (χ0) is 13.6. The van der Waals surface area contributed by atoms with Crippen molar-refractivity contribution in [2.75, 3.05) is 5.75 Å². The van der Waals surface area contributed by atoms with Crippen molar-refractivity contribution in [2.24, 2.45) is 5.92 Å². The number of carboxylic acids is 1. The van der Waals surface area contributed by atoms with Gasteiger partial charge in [0.15, 0.2) is 9.84 Å². The molecule has 100 valence electrons. The second-order valence-electron chi connectivity index (χ2n) is 4.48. The summed E-state index contributed by atoms with van der Waals surface area (Å²) in [6.07, 6.45) is 1.19. The number of carboxylic acid groups (broad SMARTS) is 1. The maximum absolute atomic E-state index is 11.9. The van der Waals surface area contributed by atoms with E-state index in [0.717, 1.165) is 0 Å². The third-order valence-electron chi connectivity index (χ3n) is 2.74. The van der Waals surface area contributed by atoms with Crippen LogP contribution >= 0.6 is 0 Å². The van der Waals surface area contributed by atoms with Gasteiger partial charge in [-0.25, -0.2) is 8.42 Å². The average Bonchev–Trinajstić information content (AvgIpc) is 2.29. The highest BCUT2D eigenvalue weighted by molar-refractivity contribution is 7.91. The predicted molar refractivity (Wildman–Crippen MR) is 69.1 cm³/mol. The topological polar surface area (TPSA) is 71.4 Å². The molecule has 0 spiro atoms. The Labute approximate surface area is 108 Å². The molecule has 0 aliphatic carbocycles. The summed E-state index contributed by atoms with van der Waals surface area (Å²) >= 11 is 0. The van der Waals surface area contributed by atoms with Gasteiger partial charge in [0.25, 0.3) is 0 Å². The molecule has 18 heavy (non-hydrogen) atoms. The fourth-order valence-corrected chi connectivity index (χ4v) is 3.12. The molecule has 0 aromatic heterocycles. The summed E-state index contributed by atoms with van der Waals surface area (Å²) in [5.74, 6) is -0.761. The summed E-state index contributed by atoms with van der Waals surface area (Å²) in [6.45, 7) is 1.82. The number of hydrogen-bond donors (Lipinski definition) is 1. The minimum atomic E-state index is -3.23. The van der Waals surface area contributed by atoms with Gasteiger partial charge < -0.3 is 5.11 Å².